The Morgan fingerprint density at radius 2 is 2.08 bits per heavy atom. The van der Waals surface area contributed by atoms with E-state index in [-0.39, 0.29) is 12.5 Å². The average molecular weight is 362 g/mol. The van der Waals surface area contributed by atoms with Crippen molar-refractivity contribution < 1.29 is 13.2 Å². The van der Waals surface area contributed by atoms with Gasteiger partial charge in [0.25, 0.3) is 0 Å². The zero-order chi connectivity index (χ0) is 18.0. The van der Waals surface area contributed by atoms with Crippen molar-refractivity contribution in [1.82, 2.24) is 13.9 Å². The maximum absolute atomic E-state index is 12.2. The first kappa shape index (κ1) is 17.6. The molecule has 8 heteroatoms. The van der Waals surface area contributed by atoms with E-state index in [9.17, 15) is 13.2 Å². The molecule has 7 nitrogen and oxygen atoms in total. The summed E-state index contributed by atoms with van der Waals surface area (Å²) in [5.41, 5.74) is 2.29. The topological polar surface area (TPSA) is 84.3 Å². The fraction of sp³-hybridized carbons (Fsp3) is 0.412. The number of rotatable bonds is 5. The van der Waals surface area contributed by atoms with Crippen molar-refractivity contribution in [3.8, 4) is 11.3 Å². The number of amides is 1. The largest absolute Gasteiger partial charge is 0.334 e. The SMILES string of the molecule is CN(CC(=O)Nc1ccccc1-c1cn2c(n1)CCCC2)S(C)(=O)=O. The molecule has 1 aromatic carbocycles. The molecule has 0 fully saturated rings. The lowest BCUT2D eigenvalue weighted by molar-refractivity contribution is -0.116. The van der Waals surface area contributed by atoms with Gasteiger partial charge in [-0.05, 0) is 18.9 Å². The van der Waals surface area contributed by atoms with Crippen molar-refractivity contribution in [2.24, 2.45) is 0 Å². The van der Waals surface area contributed by atoms with Crippen molar-refractivity contribution >= 4 is 21.6 Å². The third-order valence-electron chi connectivity index (χ3n) is 4.32. The number of carbonyl (C=O) groups is 1. The number of imidazole rings is 1. The number of sulfonamides is 1. The van der Waals surface area contributed by atoms with Gasteiger partial charge in [0.1, 0.15) is 5.82 Å². The van der Waals surface area contributed by atoms with E-state index < -0.39 is 10.0 Å². The van der Waals surface area contributed by atoms with Crippen LogP contribution in [0.25, 0.3) is 11.3 Å². The number of likely N-dealkylation sites (N-methyl/N-ethyl adjacent to an activating group) is 1. The van der Waals surface area contributed by atoms with Gasteiger partial charge in [0, 0.05) is 31.8 Å². The lowest BCUT2D eigenvalue weighted by atomic mass is 10.1. The second-order valence-corrected chi connectivity index (χ2v) is 8.40. The van der Waals surface area contributed by atoms with Gasteiger partial charge in [0.05, 0.1) is 24.2 Å². The highest BCUT2D eigenvalue weighted by molar-refractivity contribution is 7.88. The Kier molecular flexibility index (Phi) is 4.91. The number of anilines is 1. The molecule has 1 N–H and O–H groups in total. The van der Waals surface area contributed by atoms with Gasteiger partial charge in [-0.15, -0.1) is 0 Å². The van der Waals surface area contributed by atoms with Crippen LogP contribution in [0, 0.1) is 0 Å². The number of hydrogen-bond donors (Lipinski definition) is 1. The maximum Gasteiger partial charge on any atom is 0.239 e. The highest BCUT2D eigenvalue weighted by Crippen LogP contribution is 2.28. The first-order chi connectivity index (χ1) is 11.8. The van der Waals surface area contributed by atoms with Crippen LogP contribution in [0.15, 0.2) is 30.5 Å². The van der Waals surface area contributed by atoms with Crippen LogP contribution in [0.5, 0.6) is 0 Å². The molecule has 1 aromatic heterocycles. The van der Waals surface area contributed by atoms with E-state index in [4.69, 9.17) is 4.98 Å². The van der Waals surface area contributed by atoms with Gasteiger partial charge >= 0.3 is 0 Å². The minimum Gasteiger partial charge on any atom is -0.334 e. The highest BCUT2D eigenvalue weighted by atomic mass is 32.2. The van der Waals surface area contributed by atoms with Gasteiger partial charge in [-0.25, -0.2) is 13.4 Å². The zero-order valence-electron chi connectivity index (χ0n) is 14.4. The molecule has 0 saturated carbocycles. The number of aromatic nitrogens is 2. The van der Waals surface area contributed by atoms with E-state index in [2.05, 4.69) is 9.88 Å². The molecular formula is C17H22N4O3S. The van der Waals surface area contributed by atoms with E-state index in [1.165, 1.54) is 7.05 Å². The Balaban J connectivity index is 1.82. The van der Waals surface area contributed by atoms with Crippen LogP contribution in [-0.2, 0) is 27.8 Å². The Hall–Kier alpha value is -2.19. The summed E-state index contributed by atoms with van der Waals surface area (Å²) in [4.78, 5) is 16.9. The third-order valence-corrected chi connectivity index (χ3v) is 5.58. The van der Waals surface area contributed by atoms with Crippen LogP contribution in [0.3, 0.4) is 0 Å². The second-order valence-electron chi connectivity index (χ2n) is 6.31. The van der Waals surface area contributed by atoms with E-state index in [1.54, 1.807) is 6.07 Å². The number of fused-ring (bicyclic) bond motifs is 1. The van der Waals surface area contributed by atoms with Gasteiger partial charge in [0.2, 0.25) is 15.9 Å². The molecule has 2 aromatic rings. The standard InChI is InChI=1S/C17H22N4O3S/c1-20(25(2,23)24)12-17(22)19-14-8-4-3-7-13(14)15-11-21-10-6-5-9-16(21)18-15/h3-4,7-8,11H,5-6,9-10,12H2,1-2H3,(H,19,22). The summed E-state index contributed by atoms with van der Waals surface area (Å²) in [5, 5.41) is 2.80. The predicted octanol–water partition coefficient (Wildman–Crippen LogP) is 1.72. The number of carbonyl (C=O) groups excluding carboxylic acids is 1. The fourth-order valence-corrected chi connectivity index (χ4v) is 3.22. The Morgan fingerprint density at radius 1 is 1.32 bits per heavy atom. The van der Waals surface area contributed by atoms with E-state index in [0.717, 1.165) is 53.4 Å². The van der Waals surface area contributed by atoms with Crippen LogP contribution in [0.4, 0.5) is 5.69 Å². The van der Waals surface area contributed by atoms with Gasteiger partial charge in [-0.1, -0.05) is 18.2 Å². The minimum atomic E-state index is -3.40. The molecule has 134 valence electrons. The normalized spacial score (nSPS) is 14.4. The van der Waals surface area contributed by atoms with Crippen molar-refractivity contribution in [2.45, 2.75) is 25.8 Å². The molecule has 0 radical (unpaired) electrons. The molecule has 2 heterocycles. The van der Waals surface area contributed by atoms with Gasteiger partial charge in [-0.2, -0.15) is 4.31 Å². The van der Waals surface area contributed by atoms with Crippen molar-refractivity contribution in [2.75, 3.05) is 25.2 Å². The minimum absolute atomic E-state index is 0.229. The molecule has 1 aliphatic rings. The summed E-state index contributed by atoms with van der Waals surface area (Å²) >= 11 is 0. The lowest BCUT2D eigenvalue weighted by Crippen LogP contribution is -2.34. The summed E-state index contributed by atoms with van der Waals surface area (Å²) < 4.78 is 26.1. The second kappa shape index (κ2) is 6.97. The van der Waals surface area contributed by atoms with Crippen molar-refractivity contribution in [3.63, 3.8) is 0 Å². The van der Waals surface area contributed by atoms with Crippen LogP contribution < -0.4 is 5.32 Å². The molecule has 0 atom stereocenters. The Labute approximate surface area is 147 Å². The van der Waals surface area contributed by atoms with Gasteiger partial charge in [0.15, 0.2) is 0 Å². The molecule has 0 spiro atoms. The van der Waals surface area contributed by atoms with Crippen LogP contribution in [0.1, 0.15) is 18.7 Å². The molecule has 0 unspecified atom stereocenters. The Bertz CT molecular complexity index is 866. The first-order valence-corrected chi connectivity index (χ1v) is 10.1. The summed E-state index contributed by atoms with van der Waals surface area (Å²) in [6, 6.07) is 7.43. The number of nitrogens with one attached hydrogen (secondary N) is 1. The van der Waals surface area contributed by atoms with Crippen molar-refractivity contribution in [1.29, 1.82) is 0 Å². The van der Waals surface area contributed by atoms with E-state index >= 15 is 0 Å². The number of benzene rings is 1. The monoisotopic (exact) mass is 362 g/mol. The third kappa shape index (κ3) is 4.08. The average Bonchev–Trinajstić information content (AvgIpc) is 2.98. The quantitative estimate of drug-likeness (QED) is 0.878. The lowest BCUT2D eigenvalue weighted by Gasteiger charge is -2.15. The van der Waals surface area contributed by atoms with E-state index in [0.29, 0.717) is 5.69 Å². The zero-order valence-corrected chi connectivity index (χ0v) is 15.2. The van der Waals surface area contributed by atoms with Crippen LogP contribution in [0.2, 0.25) is 0 Å². The molecule has 1 aliphatic heterocycles. The molecule has 0 bridgehead atoms. The van der Waals surface area contributed by atoms with E-state index in [1.807, 2.05) is 24.4 Å². The summed E-state index contributed by atoms with van der Waals surface area (Å²) in [6.45, 7) is 0.739. The van der Waals surface area contributed by atoms with Crippen LogP contribution >= 0.6 is 0 Å². The predicted molar refractivity (Wildman–Crippen MR) is 96.7 cm³/mol. The van der Waals surface area contributed by atoms with Gasteiger partial charge < -0.3 is 9.88 Å². The number of nitrogens with zero attached hydrogens (tertiary/aromatic N) is 3. The fourth-order valence-electron chi connectivity index (χ4n) is 2.87. The Morgan fingerprint density at radius 3 is 2.80 bits per heavy atom. The molecule has 1 amide bonds. The molecule has 3 rings (SSSR count). The summed E-state index contributed by atoms with van der Waals surface area (Å²) in [5.74, 6) is 0.684. The summed E-state index contributed by atoms with van der Waals surface area (Å²) in [7, 11) is -2.02. The van der Waals surface area contributed by atoms with Crippen molar-refractivity contribution in [3.05, 3.63) is 36.3 Å². The molecular weight excluding hydrogens is 340 g/mol. The maximum atomic E-state index is 12.2. The first-order valence-electron chi connectivity index (χ1n) is 8.21. The number of aryl methyl sites for hydroxylation is 2. The highest BCUT2D eigenvalue weighted by Gasteiger charge is 2.18. The number of hydrogen-bond acceptors (Lipinski definition) is 4. The summed E-state index contributed by atoms with van der Waals surface area (Å²) in [6.07, 6.45) is 6.35. The molecule has 0 aliphatic carbocycles. The van der Waals surface area contributed by atoms with Crippen LogP contribution in [-0.4, -0.2) is 48.0 Å². The number of para-hydroxylation sites is 1. The molecule has 0 saturated heterocycles. The van der Waals surface area contributed by atoms with Gasteiger partial charge in [-0.3, -0.25) is 4.79 Å². The molecule has 25 heavy (non-hydrogen) atoms. The smallest absolute Gasteiger partial charge is 0.239 e.